The molecule has 1 aliphatic heterocycles. The number of hydrogen-bond donors (Lipinski definition) is 1. The molecule has 1 amide bonds. The van der Waals surface area contributed by atoms with E-state index in [-0.39, 0.29) is 18.3 Å². The molecule has 4 rings (SSSR count). The van der Waals surface area contributed by atoms with E-state index in [1.165, 1.54) is 30.3 Å². The molecule has 2 heterocycles. The van der Waals surface area contributed by atoms with Crippen LogP contribution >= 0.6 is 0 Å². The molecule has 0 saturated heterocycles. The van der Waals surface area contributed by atoms with Crippen molar-refractivity contribution in [2.24, 2.45) is 0 Å². The highest BCUT2D eigenvalue weighted by Crippen LogP contribution is 2.29. The molecule has 1 aromatic heterocycles. The van der Waals surface area contributed by atoms with Crippen molar-refractivity contribution in [1.82, 2.24) is 10.1 Å². The van der Waals surface area contributed by atoms with Gasteiger partial charge in [-0.3, -0.25) is 4.79 Å². The third-order valence-corrected chi connectivity index (χ3v) is 4.27. The maximum Gasteiger partial charge on any atom is 0.254 e. The van der Waals surface area contributed by atoms with Gasteiger partial charge in [-0.15, -0.1) is 0 Å². The quantitative estimate of drug-likeness (QED) is 0.774. The smallest absolute Gasteiger partial charge is 0.254 e. The number of fused-ring (bicyclic) bond motifs is 1. The first-order chi connectivity index (χ1) is 12.6. The number of rotatable bonds is 3. The van der Waals surface area contributed by atoms with Crippen LogP contribution < -0.4 is 5.32 Å². The zero-order valence-electron chi connectivity index (χ0n) is 13.7. The van der Waals surface area contributed by atoms with Crippen LogP contribution in [0.5, 0.6) is 0 Å². The van der Waals surface area contributed by atoms with Gasteiger partial charge in [-0.25, -0.2) is 8.78 Å². The second-order valence-corrected chi connectivity index (χ2v) is 6.06. The summed E-state index contributed by atoms with van der Waals surface area (Å²) in [5, 5.41) is 7.02. The minimum atomic E-state index is -0.452. The number of nitrogens with one attached hydrogen (secondary N) is 1. The fraction of sp³-hybridized carbons (Fsp3) is 0.158. The van der Waals surface area contributed by atoms with Crippen molar-refractivity contribution in [3.63, 3.8) is 0 Å². The molecule has 1 aliphatic rings. The molecule has 1 N–H and O–H groups in total. The van der Waals surface area contributed by atoms with E-state index in [0.29, 0.717) is 35.8 Å². The Morgan fingerprint density at radius 1 is 1.12 bits per heavy atom. The fourth-order valence-corrected chi connectivity index (χ4v) is 2.99. The van der Waals surface area contributed by atoms with Crippen molar-refractivity contribution in [2.45, 2.75) is 13.0 Å². The Morgan fingerprint density at radius 2 is 1.88 bits per heavy atom. The van der Waals surface area contributed by atoms with E-state index in [1.807, 2.05) is 0 Å². The third kappa shape index (κ3) is 3.15. The molecule has 0 saturated carbocycles. The van der Waals surface area contributed by atoms with E-state index in [9.17, 15) is 13.6 Å². The van der Waals surface area contributed by atoms with Crippen LogP contribution in [0.15, 0.2) is 53.1 Å². The van der Waals surface area contributed by atoms with E-state index in [0.717, 1.165) is 5.56 Å². The lowest BCUT2D eigenvalue weighted by Gasteiger charge is -2.26. The molecule has 26 heavy (non-hydrogen) atoms. The Balaban J connectivity index is 1.56. The van der Waals surface area contributed by atoms with Gasteiger partial charge in [0.2, 0.25) is 0 Å². The predicted molar refractivity (Wildman–Crippen MR) is 91.0 cm³/mol. The maximum absolute atomic E-state index is 13.4. The van der Waals surface area contributed by atoms with Crippen LogP contribution in [-0.4, -0.2) is 22.5 Å². The van der Waals surface area contributed by atoms with Crippen LogP contribution in [0.2, 0.25) is 0 Å². The average molecular weight is 355 g/mol. The van der Waals surface area contributed by atoms with Crippen molar-refractivity contribution >= 4 is 17.4 Å². The highest BCUT2D eigenvalue weighted by atomic mass is 19.1. The first-order valence-electron chi connectivity index (χ1n) is 8.15. The molecular weight excluding hydrogens is 340 g/mol. The Bertz CT molecular complexity index is 971. The molecule has 0 fully saturated rings. The zero-order chi connectivity index (χ0) is 18.1. The summed E-state index contributed by atoms with van der Waals surface area (Å²) in [7, 11) is 0. The van der Waals surface area contributed by atoms with Crippen molar-refractivity contribution in [2.75, 3.05) is 11.9 Å². The minimum absolute atomic E-state index is 0.256. The van der Waals surface area contributed by atoms with Gasteiger partial charge in [0, 0.05) is 24.2 Å². The van der Waals surface area contributed by atoms with Gasteiger partial charge in [0.25, 0.3) is 5.91 Å². The lowest BCUT2D eigenvalue weighted by Crippen LogP contribution is -2.35. The molecule has 7 heteroatoms. The molecule has 0 spiro atoms. The molecule has 0 aliphatic carbocycles. The molecule has 0 unspecified atom stereocenters. The van der Waals surface area contributed by atoms with Gasteiger partial charge in [-0.1, -0.05) is 17.3 Å². The largest absolute Gasteiger partial charge is 0.359 e. The number of aromatic nitrogens is 1. The summed E-state index contributed by atoms with van der Waals surface area (Å²) in [5.41, 5.74) is 1.57. The molecule has 2 aromatic carbocycles. The van der Waals surface area contributed by atoms with Gasteiger partial charge < -0.3 is 14.7 Å². The molecule has 5 nitrogen and oxygen atoms in total. The lowest BCUT2D eigenvalue weighted by atomic mass is 10.1. The highest BCUT2D eigenvalue weighted by Gasteiger charge is 2.28. The van der Waals surface area contributed by atoms with Gasteiger partial charge in [-0.2, -0.15) is 0 Å². The van der Waals surface area contributed by atoms with Gasteiger partial charge in [0.15, 0.2) is 5.82 Å². The third-order valence-electron chi connectivity index (χ3n) is 4.27. The number of carbonyl (C=O) groups is 1. The first kappa shape index (κ1) is 16.3. The molecular formula is C19H15F2N3O2. The number of carbonyl (C=O) groups excluding carboxylic acids is 1. The van der Waals surface area contributed by atoms with E-state index in [1.54, 1.807) is 23.1 Å². The normalized spacial score (nSPS) is 13.4. The summed E-state index contributed by atoms with van der Waals surface area (Å²) >= 11 is 0. The Labute approximate surface area is 148 Å². The van der Waals surface area contributed by atoms with Gasteiger partial charge in [0.05, 0.1) is 12.1 Å². The number of hydrogen-bond acceptors (Lipinski definition) is 4. The number of benzene rings is 2. The van der Waals surface area contributed by atoms with Gasteiger partial charge >= 0.3 is 0 Å². The number of amides is 1. The highest BCUT2D eigenvalue weighted by molar-refractivity contribution is 5.94. The summed E-state index contributed by atoms with van der Waals surface area (Å²) in [4.78, 5) is 14.3. The van der Waals surface area contributed by atoms with E-state index >= 15 is 0 Å². The van der Waals surface area contributed by atoms with Crippen LogP contribution in [0.25, 0.3) is 0 Å². The second-order valence-electron chi connectivity index (χ2n) is 6.06. The summed E-state index contributed by atoms with van der Waals surface area (Å²) in [6.45, 7) is 0.739. The molecule has 0 radical (unpaired) electrons. The van der Waals surface area contributed by atoms with Crippen molar-refractivity contribution in [3.05, 3.63) is 77.1 Å². The Morgan fingerprint density at radius 3 is 2.65 bits per heavy atom. The molecule has 3 aromatic rings. The van der Waals surface area contributed by atoms with Crippen LogP contribution in [0.4, 0.5) is 20.3 Å². The summed E-state index contributed by atoms with van der Waals surface area (Å²) in [5.74, 6) is 0.0600. The van der Waals surface area contributed by atoms with Crippen LogP contribution in [0.1, 0.15) is 21.7 Å². The monoisotopic (exact) mass is 355 g/mol. The topological polar surface area (TPSA) is 58.4 Å². The molecule has 0 bridgehead atoms. The lowest BCUT2D eigenvalue weighted by molar-refractivity contribution is 0.0728. The Hall–Kier alpha value is -3.22. The van der Waals surface area contributed by atoms with Crippen LogP contribution in [0.3, 0.4) is 0 Å². The van der Waals surface area contributed by atoms with E-state index in [4.69, 9.17) is 4.52 Å². The van der Waals surface area contributed by atoms with Crippen molar-refractivity contribution in [3.8, 4) is 0 Å². The number of nitrogens with zero attached hydrogens (tertiary/aromatic N) is 2. The average Bonchev–Trinajstić information content (AvgIpc) is 3.03. The molecule has 132 valence electrons. The van der Waals surface area contributed by atoms with Crippen molar-refractivity contribution < 1.29 is 18.1 Å². The summed E-state index contributed by atoms with van der Waals surface area (Å²) in [6, 6.07) is 11.6. The van der Waals surface area contributed by atoms with Gasteiger partial charge in [-0.05, 0) is 36.4 Å². The fourth-order valence-electron chi connectivity index (χ4n) is 2.99. The standard InChI is InChI=1S/C19H15F2N3O2/c20-13-4-1-3-12(9-13)19(25)24-8-7-17-16(11-24)18(23-26-17)22-15-6-2-5-14(21)10-15/h1-6,9-10H,7-8,11H2,(H,22,23). The van der Waals surface area contributed by atoms with Crippen molar-refractivity contribution in [1.29, 1.82) is 0 Å². The minimum Gasteiger partial charge on any atom is -0.359 e. The second kappa shape index (κ2) is 6.59. The SMILES string of the molecule is O=C(c1cccc(F)c1)N1CCc2onc(Nc3cccc(F)c3)c2C1. The van der Waals surface area contributed by atoms with Crippen LogP contribution in [-0.2, 0) is 13.0 Å². The summed E-state index contributed by atoms with van der Waals surface area (Å²) < 4.78 is 32.1. The molecule has 0 atom stereocenters. The van der Waals surface area contributed by atoms with E-state index < -0.39 is 5.82 Å². The number of anilines is 2. The number of halogens is 2. The van der Waals surface area contributed by atoms with Crippen LogP contribution in [0, 0.1) is 11.6 Å². The predicted octanol–water partition coefficient (Wildman–Crippen LogP) is 3.89. The van der Waals surface area contributed by atoms with E-state index in [2.05, 4.69) is 10.5 Å². The first-order valence-corrected chi connectivity index (χ1v) is 8.15. The maximum atomic E-state index is 13.4. The van der Waals surface area contributed by atoms with Gasteiger partial charge in [0.1, 0.15) is 17.4 Å². The zero-order valence-corrected chi connectivity index (χ0v) is 13.7. The summed E-state index contributed by atoms with van der Waals surface area (Å²) in [6.07, 6.45) is 0.508. The Kier molecular flexibility index (Phi) is 4.12.